The zero-order valence-corrected chi connectivity index (χ0v) is 48.9. The van der Waals surface area contributed by atoms with E-state index in [0.717, 1.165) is 36.9 Å². The van der Waals surface area contributed by atoms with Crippen LogP contribution in [0.2, 0.25) is 0 Å². The van der Waals surface area contributed by atoms with Crippen LogP contribution in [0, 0.1) is 0 Å². The van der Waals surface area contributed by atoms with E-state index in [1.165, 1.54) is 34.4 Å². The maximum atomic E-state index is 12.1. The van der Waals surface area contributed by atoms with Crippen molar-refractivity contribution >= 4 is 31.3 Å². The Labute approximate surface area is 486 Å². The lowest BCUT2D eigenvalue weighted by molar-refractivity contribution is -0.0230. The SMILES string of the molecule is Cn1c(=O)[nH]cc(C2O[C@H](COP(=O)(O)O)[C@@H](O)C2O)c1=O.Cn1cc(C2O[C@H](COP(=O)(O)O)[C@@H](O)C2O)c(=O)[nH]c1=O.Cn1cc(C2O[C@H](COP(=O)(O)O)[C@@H](O)C2O)c(=O)n(C)c1=O.O=c1[nH]cc(C2O[C@H](COP(=O)(O)O)[C@@H](O)C2O)c(=O)[nH]1. The molecule has 4 aromatic rings. The lowest BCUT2D eigenvalue weighted by Crippen LogP contribution is -2.40. The van der Waals surface area contributed by atoms with Gasteiger partial charge in [0.1, 0.15) is 97.7 Å². The van der Waals surface area contributed by atoms with E-state index in [4.69, 9.17) is 58.1 Å². The highest BCUT2D eigenvalue weighted by molar-refractivity contribution is 7.47. The van der Waals surface area contributed by atoms with Gasteiger partial charge in [-0.2, -0.15) is 0 Å². The molecular weight excluding hydrogens is 1290 g/mol. The van der Waals surface area contributed by atoms with Gasteiger partial charge in [0, 0.05) is 53.0 Å². The van der Waals surface area contributed by atoms with Crippen LogP contribution in [-0.4, -0.2) is 218 Å². The number of nitrogens with zero attached hydrogens (tertiary/aromatic N) is 4. The number of phosphoric ester groups is 4. The second-order valence-corrected chi connectivity index (χ2v) is 24.1. The van der Waals surface area contributed by atoms with Crippen molar-refractivity contribution in [1.82, 2.24) is 38.2 Å². The average Bonchev–Trinajstić information content (AvgIpc) is 1.88. The number of aryl methyl sites for hydroxylation is 2. The molecule has 0 aromatic carbocycles. The van der Waals surface area contributed by atoms with Crippen molar-refractivity contribution in [3.8, 4) is 0 Å². The summed E-state index contributed by atoms with van der Waals surface area (Å²) >= 11 is 0. The molecule has 0 bridgehead atoms. The second kappa shape index (κ2) is 29.3. The van der Waals surface area contributed by atoms with Crippen LogP contribution in [0.25, 0.3) is 0 Å². The fraction of sp³-hybridized carbons (Fsp3) is 0.600. The minimum atomic E-state index is -4.77. The van der Waals surface area contributed by atoms with E-state index in [9.17, 15) is 97.5 Å². The summed E-state index contributed by atoms with van der Waals surface area (Å²) in [5, 5.41) is 79.0. The van der Waals surface area contributed by atoms with Crippen molar-refractivity contribution in [2.24, 2.45) is 28.2 Å². The number of nitrogens with one attached hydrogen (secondary N) is 4. The maximum Gasteiger partial charge on any atom is 0.469 e. The highest BCUT2D eigenvalue weighted by Crippen LogP contribution is 2.42. The molecule has 0 radical (unpaired) electrons. The van der Waals surface area contributed by atoms with Crippen molar-refractivity contribution in [1.29, 1.82) is 0 Å². The Kier molecular flexibility index (Phi) is 24.5. The number of H-pyrrole nitrogens is 4. The number of aromatic nitrogens is 8. The first kappa shape index (κ1) is 73.4. The van der Waals surface area contributed by atoms with E-state index in [0.29, 0.717) is 0 Å². The summed E-state index contributed by atoms with van der Waals surface area (Å²) in [7, 11) is -13.8. The van der Waals surface area contributed by atoms with Crippen molar-refractivity contribution in [3.05, 3.63) is 130 Å². The highest BCUT2D eigenvalue weighted by Gasteiger charge is 2.49. The zero-order chi connectivity index (χ0) is 66.6. The van der Waals surface area contributed by atoms with Crippen LogP contribution < -0.4 is 45.0 Å². The van der Waals surface area contributed by atoms with Crippen LogP contribution in [0.5, 0.6) is 0 Å². The molecule has 0 spiro atoms. The second-order valence-electron chi connectivity index (χ2n) is 19.2. The minimum Gasteiger partial charge on any atom is -0.387 e. The Balaban J connectivity index is 0.000000214. The van der Waals surface area contributed by atoms with Crippen molar-refractivity contribution < 1.29 is 135 Å². The van der Waals surface area contributed by atoms with Gasteiger partial charge in [-0.3, -0.25) is 56.4 Å². The molecule has 44 nitrogen and oxygen atoms in total. The molecule has 48 heteroatoms. The van der Waals surface area contributed by atoms with E-state index in [1.807, 2.05) is 9.97 Å². The molecular formula is C40H60N8O36P4. The van der Waals surface area contributed by atoms with Crippen LogP contribution >= 0.6 is 31.3 Å². The molecule has 4 saturated heterocycles. The Morgan fingerprint density at radius 1 is 0.409 bits per heavy atom. The molecule has 4 aliphatic heterocycles. The quantitative estimate of drug-likeness (QED) is 0.0463. The number of hydrogen-bond acceptors (Lipinski definition) is 28. The molecule has 8 heterocycles. The number of aliphatic hydroxyl groups is 8. The van der Waals surface area contributed by atoms with Gasteiger partial charge in [0.2, 0.25) is 0 Å². The van der Waals surface area contributed by atoms with Crippen LogP contribution in [0.4, 0.5) is 0 Å². The normalized spacial score (nSPS) is 29.0. The predicted molar refractivity (Wildman–Crippen MR) is 280 cm³/mol. The summed E-state index contributed by atoms with van der Waals surface area (Å²) in [6.07, 6.45) is -17.8. The lowest BCUT2D eigenvalue weighted by Gasteiger charge is -2.16. The summed E-state index contributed by atoms with van der Waals surface area (Å²) in [4.78, 5) is 170. The molecule has 4 aliphatic rings. The van der Waals surface area contributed by atoms with Gasteiger partial charge >= 0.3 is 54.0 Å². The largest absolute Gasteiger partial charge is 0.469 e. The van der Waals surface area contributed by atoms with Gasteiger partial charge in [0.05, 0.1) is 48.7 Å². The fourth-order valence-corrected chi connectivity index (χ4v) is 9.86. The molecule has 496 valence electrons. The van der Waals surface area contributed by atoms with E-state index in [1.54, 1.807) is 0 Å². The van der Waals surface area contributed by atoms with Gasteiger partial charge in [-0.25, -0.2) is 37.4 Å². The minimum absolute atomic E-state index is 0.0696. The van der Waals surface area contributed by atoms with Crippen molar-refractivity contribution in [3.63, 3.8) is 0 Å². The fourth-order valence-electron chi connectivity index (χ4n) is 8.49. The van der Waals surface area contributed by atoms with Gasteiger partial charge in [0.15, 0.2) is 0 Å². The number of ether oxygens (including phenoxy) is 4. The number of hydrogen-bond donors (Lipinski definition) is 20. The first-order valence-electron chi connectivity index (χ1n) is 24.5. The maximum absolute atomic E-state index is 12.1. The van der Waals surface area contributed by atoms with E-state index >= 15 is 0 Å². The monoisotopic (exact) mass is 1350 g/mol. The lowest BCUT2D eigenvalue weighted by atomic mass is 10.0. The molecule has 0 saturated carbocycles. The first-order chi connectivity index (χ1) is 40.4. The Bertz CT molecular complexity index is 3750. The van der Waals surface area contributed by atoms with Gasteiger partial charge in [0.25, 0.3) is 22.2 Å². The number of rotatable bonds is 16. The molecule has 16 atom stereocenters. The molecule has 8 unspecified atom stereocenters. The molecule has 8 rings (SSSR count). The van der Waals surface area contributed by atoms with Crippen molar-refractivity contribution in [2.75, 3.05) is 26.4 Å². The molecule has 0 amide bonds. The number of aromatic amines is 4. The molecule has 4 aromatic heterocycles. The van der Waals surface area contributed by atoms with Gasteiger partial charge in [-0.15, -0.1) is 0 Å². The average molecular weight is 1350 g/mol. The molecule has 0 aliphatic carbocycles. The number of aliphatic hydroxyl groups excluding tert-OH is 8. The van der Waals surface area contributed by atoms with Crippen LogP contribution in [0.3, 0.4) is 0 Å². The summed E-state index contributed by atoms with van der Waals surface area (Å²) in [6.45, 7) is -2.71. The molecule has 4 fully saturated rings. The molecule has 88 heavy (non-hydrogen) atoms. The van der Waals surface area contributed by atoms with Crippen LogP contribution in [-0.2, 0) is 83.5 Å². The van der Waals surface area contributed by atoms with Gasteiger partial charge in [-0.1, -0.05) is 0 Å². The summed E-state index contributed by atoms with van der Waals surface area (Å²) in [6, 6.07) is 0. The Hall–Kier alpha value is -5.32. The van der Waals surface area contributed by atoms with Gasteiger partial charge in [-0.05, 0) is 0 Å². The Morgan fingerprint density at radius 3 is 1.10 bits per heavy atom. The van der Waals surface area contributed by atoms with E-state index < -0.39 is 200 Å². The summed E-state index contributed by atoms with van der Waals surface area (Å²) in [5.74, 6) is 0. The smallest absolute Gasteiger partial charge is 0.387 e. The molecule has 20 N–H and O–H groups in total. The topological polar surface area (TPSA) is 685 Å². The standard InChI is InChI=1S/C11H17N2O9P.2C10H15N2O9P.C9H13N2O9P/c1-12-3-5(10(16)13(2)11(12)17)9-8(15)7(14)6(22-9)4-21-23(18,19)20;1-12-2-4(9(15)11-10(12)16)8-7(14)6(13)5(21-8)3-20-22(17,18)19;1-12-9(15)4(2-11-10(12)16)8-7(14)6(13)5(21-8)3-20-22(17,18)19;12-5-4(2-19-21(16,17)18)20-7(6(5)13)3-1-10-9(15)11-8(3)14/h3,6-9,14-15H,4H2,1-2H3,(H2,18,19,20);2,5-8,13-14H,3H2,1H3,(H,11,15,16)(H2,17,18,19);2,5-8,13-14H,3H2,1H3,(H,11,16)(H2,17,18,19);1,4-7,12-13H,2H2,(H2,16,17,18)(H2,10,11,14,15)/t6-,7-,8?,9?;2*5-,6-,7?,8?;4-,5-,6?,7?/m1111/s1. The predicted octanol–water partition coefficient (Wildman–Crippen LogP) is -10.6. The Morgan fingerprint density at radius 2 is 0.727 bits per heavy atom. The zero-order valence-electron chi connectivity index (χ0n) is 45.3. The van der Waals surface area contributed by atoms with Crippen molar-refractivity contribution in [2.45, 2.75) is 97.7 Å². The number of phosphoric acid groups is 4. The van der Waals surface area contributed by atoms with Gasteiger partial charge < -0.3 is 118 Å². The third-order valence-electron chi connectivity index (χ3n) is 13.0. The highest BCUT2D eigenvalue weighted by atomic mass is 31.2. The summed E-state index contributed by atoms with van der Waals surface area (Å²) in [5.41, 5.74) is -6.11. The first-order valence-corrected chi connectivity index (χ1v) is 30.6. The summed E-state index contributed by atoms with van der Waals surface area (Å²) < 4.78 is 84.1. The third-order valence-corrected chi connectivity index (χ3v) is 14.9. The van der Waals surface area contributed by atoms with E-state index in [-0.39, 0.29) is 22.3 Å². The van der Waals surface area contributed by atoms with E-state index in [2.05, 4.69) is 28.1 Å². The van der Waals surface area contributed by atoms with Crippen LogP contribution in [0.15, 0.2) is 63.1 Å². The van der Waals surface area contributed by atoms with Crippen LogP contribution in [0.1, 0.15) is 46.7 Å². The third kappa shape index (κ3) is 18.9.